The second-order valence-electron chi connectivity index (χ2n) is 11.4. The van der Waals surface area contributed by atoms with E-state index in [1.807, 2.05) is 12.3 Å². The van der Waals surface area contributed by atoms with Crippen LogP contribution >= 0.6 is 0 Å². The Labute approximate surface area is 246 Å². The first-order chi connectivity index (χ1) is 20.8. The van der Waals surface area contributed by atoms with Crippen molar-refractivity contribution >= 4 is 32.6 Å². The lowest BCUT2D eigenvalue weighted by atomic mass is 9.80. The predicted molar refractivity (Wildman–Crippen MR) is 176 cm³/mol. The number of allylic oxidation sites excluding steroid dienone is 2. The predicted octanol–water partition coefficient (Wildman–Crippen LogP) is 10.5. The average Bonchev–Trinajstić information content (AvgIpc) is 3.07. The highest BCUT2D eigenvalue weighted by Gasteiger charge is 2.23. The van der Waals surface area contributed by atoms with E-state index in [0.29, 0.717) is 11.8 Å². The highest BCUT2D eigenvalue weighted by Crippen LogP contribution is 2.41. The normalized spacial score (nSPS) is 16.8. The first-order valence-electron chi connectivity index (χ1n) is 14.8. The van der Waals surface area contributed by atoms with Crippen LogP contribution in [0.25, 0.3) is 55.0 Å². The first-order valence-corrected chi connectivity index (χ1v) is 14.8. The lowest BCUT2D eigenvalue weighted by Crippen LogP contribution is -2.08. The molecule has 0 amide bonds. The number of aromatic nitrogens is 2. The molecule has 5 aromatic carbocycles. The van der Waals surface area contributed by atoms with Crippen LogP contribution in [0.3, 0.4) is 0 Å². The van der Waals surface area contributed by atoms with Gasteiger partial charge < -0.3 is 0 Å². The molecule has 42 heavy (non-hydrogen) atoms. The molecule has 1 unspecified atom stereocenters. The second-order valence-corrected chi connectivity index (χ2v) is 11.4. The second kappa shape index (κ2) is 10.4. The Balaban J connectivity index is 1.24. The van der Waals surface area contributed by atoms with Crippen molar-refractivity contribution in [2.24, 2.45) is 0 Å². The van der Waals surface area contributed by atoms with E-state index in [1.165, 1.54) is 43.8 Å². The van der Waals surface area contributed by atoms with Gasteiger partial charge in [0.25, 0.3) is 0 Å². The Morgan fingerprint density at radius 3 is 2.10 bits per heavy atom. The van der Waals surface area contributed by atoms with Crippen molar-refractivity contribution in [3.63, 3.8) is 0 Å². The molecule has 1 aliphatic carbocycles. The van der Waals surface area contributed by atoms with Gasteiger partial charge in [-0.05, 0) is 70.1 Å². The third kappa shape index (κ3) is 4.46. The number of fused-ring (bicyclic) bond motifs is 3. The summed E-state index contributed by atoms with van der Waals surface area (Å²) in [5, 5.41) is 4.93. The van der Waals surface area contributed by atoms with Crippen LogP contribution in [0, 0.1) is 0 Å². The molecular formula is C40H30N2. The van der Waals surface area contributed by atoms with E-state index >= 15 is 0 Å². The Morgan fingerprint density at radius 1 is 0.500 bits per heavy atom. The van der Waals surface area contributed by atoms with E-state index < -0.39 is 0 Å². The lowest BCUT2D eigenvalue weighted by Gasteiger charge is -2.25. The summed E-state index contributed by atoms with van der Waals surface area (Å²) in [6.07, 6.45) is 8.93. The quantitative estimate of drug-likeness (QED) is 0.208. The molecule has 2 heterocycles. The summed E-state index contributed by atoms with van der Waals surface area (Å²) >= 11 is 0. The number of benzene rings is 5. The van der Waals surface area contributed by atoms with Crippen LogP contribution in [0.2, 0.25) is 0 Å². The number of nitrogens with zero attached hydrogens (tertiary/aromatic N) is 2. The van der Waals surface area contributed by atoms with Gasteiger partial charge in [0.2, 0.25) is 0 Å². The fourth-order valence-electron chi connectivity index (χ4n) is 6.63. The zero-order valence-corrected chi connectivity index (χ0v) is 23.3. The maximum absolute atomic E-state index is 5.26. The molecule has 0 saturated heterocycles. The SMILES string of the molecule is C1=C[C@@H](c2cccc3cccnc23)CCC1c1cc(-c2ccc3ccccc3c2)nc2cc(-c3ccccc3)ccc12. The zero-order chi connectivity index (χ0) is 27.9. The summed E-state index contributed by atoms with van der Waals surface area (Å²) in [5.74, 6) is 0.703. The summed E-state index contributed by atoms with van der Waals surface area (Å²) in [7, 11) is 0. The van der Waals surface area contributed by atoms with Crippen molar-refractivity contribution in [1.29, 1.82) is 0 Å². The summed E-state index contributed by atoms with van der Waals surface area (Å²) in [5.41, 5.74) is 9.44. The van der Waals surface area contributed by atoms with Crippen LogP contribution in [-0.2, 0) is 0 Å². The van der Waals surface area contributed by atoms with Gasteiger partial charge in [-0.1, -0.05) is 115 Å². The summed E-state index contributed by atoms with van der Waals surface area (Å²) in [4.78, 5) is 9.99. The molecule has 0 aliphatic heterocycles. The number of hydrogen-bond acceptors (Lipinski definition) is 2. The molecule has 0 bridgehead atoms. The molecule has 0 spiro atoms. The van der Waals surface area contributed by atoms with Gasteiger partial charge >= 0.3 is 0 Å². The van der Waals surface area contributed by atoms with Gasteiger partial charge in [-0.15, -0.1) is 0 Å². The fraction of sp³-hybridized carbons (Fsp3) is 0.100. The molecule has 0 fully saturated rings. The molecule has 8 rings (SSSR count). The largest absolute Gasteiger partial charge is 0.256 e. The van der Waals surface area contributed by atoms with E-state index in [1.54, 1.807) is 0 Å². The van der Waals surface area contributed by atoms with E-state index in [4.69, 9.17) is 9.97 Å². The molecule has 2 nitrogen and oxygen atoms in total. The van der Waals surface area contributed by atoms with E-state index in [0.717, 1.165) is 35.1 Å². The molecule has 1 aliphatic rings. The summed E-state index contributed by atoms with van der Waals surface area (Å²) in [6, 6.07) is 45.7. The first kappa shape index (κ1) is 24.7. The van der Waals surface area contributed by atoms with Crippen LogP contribution in [0.4, 0.5) is 0 Å². The highest BCUT2D eigenvalue weighted by atomic mass is 14.7. The van der Waals surface area contributed by atoms with Gasteiger partial charge in [0, 0.05) is 34.4 Å². The smallest absolute Gasteiger partial charge is 0.0739 e. The number of rotatable bonds is 4. The fourth-order valence-corrected chi connectivity index (χ4v) is 6.63. The van der Waals surface area contributed by atoms with Gasteiger partial charge in [-0.25, -0.2) is 4.98 Å². The van der Waals surface area contributed by atoms with E-state index in [2.05, 4.69) is 133 Å². The number of hydrogen-bond donors (Lipinski definition) is 0. The monoisotopic (exact) mass is 538 g/mol. The minimum atomic E-state index is 0.330. The van der Waals surface area contributed by atoms with Crippen LogP contribution < -0.4 is 0 Å². The number of pyridine rings is 2. The van der Waals surface area contributed by atoms with Gasteiger partial charge in [0.1, 0.15) is 0 Å². The summed E-state index contributed by atoms with van der Waals surface area (Å²) < 4.78 is 0. The van der Waals surface area contributed by atoms with Crippen molar-refractivity contribution < 1.29 is 0 Å². The van der Waals surface area contributed by atoms with Gasteiger partial charge in [0.05, 0.1) is 16.7 Å². The van der Waals surface area contributed by atoms with Crippen molar-refractivity contribution in [2.45, 2.75) is 24.7 Å². The van der Waals surface area contributed by atoms with Crippen LogP contribution in [0.15, 0.2) is 146 Å². The molecular weight excluding hydrogens is 508 g/mol. The molecule has 200 valence electrons. The van der Waals surface area contributed by atoms with Crippen LogP contribution in [0.1, 0.15) is 35.8 Å². The Morgan fingerprint density at radius 2 is 1.24 bits per heavy atom. The Kier molecular flexibility index (Phi) is 6.11. The standard InChI is InChI=1S/C40H30N2/c1-2-8-27(9-3-1)33-21-22-36-37(26-38(42-39(36)25-33)34-20-15-28-10-4-5-11-32(28)24-34)30-18-16-29(17-19-30)35-14-6-12-31-13-7-23-41-40(31)35/h1-16,18,20-26,29-30H,17,19H2/t29-,30?/m1/s1. The van der Waals surface area contributed by atoms with Gasteiger partial charge in [-0.2, -0.15) is 0 Å². The molecule has 0 saturated carbocycles. The third-order valence-corrected chi connectivity index (χ3v) is 8.82. The van der Waals surface area contributed by atoms with Crippen molar-refractivity contribution in [1.82, 2.24) is 9.97 Å². The topological polar surface area (TPSA) is 25.8 Å². The third-order valence-electron chi connectivity index (χ3n) is 8.82. The van der Waals surface area contributed by atoms with E-state index in [9.17, 15) is 0 Å². The molecule has 2 heteroatoms. The molecule has 2 aromatic heterocycles. The highest BCUT2D eigenvalue weighted by molar-refractivity contribution is 5.92. The molecule has 0 radical (unpaired) electrons. The summed E-state index contributed by atoms with van der Waals surface area (Å²) in [6.45, 7) is 0. The average molecular weight is 539 g/mol. The molecule has 2 atom stereocenters. The molecule has 7 aromatic rings. The molecule has 0 N–H and O–H groups in total. The van der Waals surface area contributed by atoms with Gasteiger partial charge in [-0.3, -0.25) is 4.98 Å². The van der Waals surface area contributed by atoms with Crippen molar-refractivity contribution in [2.75, 3.05) is 0 Å². The number of para-hydroxylation sites is 1. The minimum Gasteiger partial charge on any atom is -0.256 e. The maximum Gasteiger partial charge on any atom is 0.0739 e. The van der Waals surface area contributed by atoms with Crippen LogP contribution in [0.5, 0.6) is 0 Å². The Bertz CT molecular complexity index is 2100. The van der Waals surface area contributed by atoms with E-state index in [-0.39, 0.29) is 0 Å². The van der Waals surface area contributed by atoms with Gasteiger partial charge in [0.15, 0.2) is 0 Å². The lowest BCUT2D eigenvalue weighted by molar-refractivity contribution is 0.604. The maximum atomic E-state index is 5.26. The zero-order valence-electron chi connectivity index (χ0n) is 23.3. The van der Waals surface area contributed by atoms with Crippen molar-refractivity contribution in [3.05, 3.63) is 157 Å². The van der Waals surface area contributed by atoms with Crippen LogP contribution in [-0.4, -0.2) is 9.97 Å². The Hall–Kier alpha value is -5.08. The van der Waals surface area contributed by atoms with Crippen molar-refractivity contribution in [3.8, 4) is 22.4 Å². The minimum absolute atomic E-state index is 0.330.